The van der Waals surface area contributed by atoms with Crippen LogP contribution in [0.5, 0.6) is 0 Å². The van der Waals surface area contributed by atoms with Crippen LogP contribution >= 0.6 is 23.3 Å². The number of nitrogens with two attached hydrogens (primary N) is 1. The number of nitrogen functional groups attached to an aromatic ring is 1. The van der Waals surface area contributed by atoms with Gasteiger partial charge in [0.2, 0.25) is 0 Å². The van der Waals surface area contributed by atoms with Gasteiger partial charge in [-0.2, -0.15) is 4.31 Å². The molecule has 6 atom stereocenters. The number of aliphatic hydroxyl groups is 2. The largest absolute Gasteiger partial charge is 0.480 e. The van der Waals surface area contributed by atoms with Crippen LogP contribution in [0.2, 0.25) is 0 Å². The van der Waals surface area contributed by atoms with Crippen LogP contribution < -0.4 is 10.6 Å². The van der Waals surface area contributed by atoms with E-state index in [0.717, 1.165) is 11.2 Å². The van der Waals surface area contributed by atoms with Gasteiger partial charge in [-0.25, -0.2) is 28.6 Å². The molecule has 9 N–H and O–H groups in total. The summed E-state index contributed by atoms with van der Waals surface area (Å²) in [7, 11) is -16.1. The maximum Gasteiger partial charge on any atom is 0.480 e. The fourth-order valence-electron chi connectivity index (χ4n) is 2.67. The quantitative estimate of drug-likeness (QED) is 0.179. The maximum absolute atomic E-state index is 11.8. The number of ether oxygens (including phenoxy) is 1. The fraction of sp³-hybridized carbons (Fsp3) is 0.500. The average Bonchev–Trinajstić information content (AvgIpc) is 3.13. The summed E-state index contributed by atoms with van der Waals surface area (Å²) in [6.45, 7) is -0.928. The van der Waals surface area contributed by atoms with E-state index in [-0.39, 0.29) is 17.0 Å². The van der Waals surface area contributed by atoms with E-state index in [1.807, 2.05) is 0 Å². The fourth-order valence-corrected chi connectivity index (χ4v) is 6.10. The number of nitrogens with one attached hydrogen (secondary N) is 1. The van der Waals surface area contributed by atoms with E-state index in [4.69, 9.17) is 20.3 Å². The summed E-state index contributed by atoms with van der Waals surface area (Å²) in [6, 6.07) is 0. The molecule has 2 unspecified atom stereocenters. The third-order valence-corrected chi connectivity index (χ3v) is 8.11. The molecule has 1 aliphatic rings. The highest BCUT2D eigenvalue weighted by molar-refractivity contribution is 7.70. The second-order valence-corrected chi connectivity index (χ2v) is 10.9. The van der Waals surface area contributed by atoms with Crippen LogP contribution in [0.1, 0.15) is 6.23 Å². The van der Waals surface area contributed by atoms with Crippen LogP contribution in [0.3, 0.4) is 0 Å². The number of aromatic nitrogens is 4. The van der Waals surface area contributed by atoms with Crippen molar-refractivity contribution < 1.29 is 57.1 Å². The van der Waals surface area contributed by atoms with Gasteiger partial charge in [-0.05, 0) is 0 Å². The van der Waals surface area contributed by atoms with Crippen molar-refractivity contribution in [3.05, 3.63) is 12.7 Å². The first kappa shape index (κ1) is 24.3. The maximum atomic E-state index is 11.8. The Bertz CT molecular complexity index is 1110. The number of nitrogens with zero attached hydrogens (tertiary/aromatic N) is 4. The van der Waals surface area contributed by atoms with E-state index in [2.05, 4.69) is 23.8 Å². The Labute approximate surface area is 172 Å². The van der Waals surface area contributed by atoms with Crippen molar-refractivity contribution in [2.75, 3.05) is 12.3 Å². The standard InChI is InChI=1S/C10H17N6O12P3/c11-8-5-9(13-2-12-8)16(3-14-5)10-7(18)6(17)4(27-10)1-26-31(24,25)28-30(22,23)15-29(19,20)21/h2-4,6-7,10,17-18H,1H2,(H,24,25)(H2,11,12,13)(H4,15,19,20,21,22,23)/t4-,6+,7-,10-/m0/s1. The number of fused-ring (bicyclic) bond motifs is 1. The first-order chi connectivity index (χ1) is 14.2. The Morgan fingerprint density at radius 3 is 2.45 bits per heavy atom. The lowest BCUT2D eigenvalue weighted by Gasteiger charge is -2.19. The number of hydrogen-bond acceptors (Lipinski definition) is 12. The number of phosphoric ester groups is 1. The zero-order valence-electron chi connectivity index (χ0n) is 15.0. The topological polar surface area (TPSA) is 282 Å². The Hall–Kier alpha value is -1.36. The Balaban J connectivity index is 1.69. The molecule has 0 aliphatic carbocycles. The van der Waals surface area contributed by atoms with Crippen molar-refractivity contribution in [2.24, 2.45) is 0 Å². The normalized spacial score (nSPS) is 28.5. The summed E-state index contributed by atoms with van der Waals surface area (Å²) in [5, 5.41) is 20.4. The van der Waals surface area contributed by atoms with E-state index in [9.17, 15) is 33.7 Å². The third-order valence-electron chi connectivity index (χ3n) is 3.87. The predicted molar refractivity (Wildman–Crippen MR) is 97.5 cm³/mol. The summed E-state index contributed by atoms with van der Waals surface area (Å²) in [5.41, 5.74) is 6.02. The molecule has 1 fully saturated rings. The zero-order chi connectivity index (χ0) is 23.2. The molecule has 0 radical (unpaired) electrons. The van der Waals surface area contributed by atoms with Gasteiger partial charge in [0, 0.05) is 0 Å². The molecule has 174 valence electrons. The minimum absolute atomic E-state index is 0.0485. The van der Waals surface area contributed by atoms with Crippen LogP contribution in [0.25, 0.3) is 11.2 Å². The first-order valence-electron chi connectivity index (χ1n) is 8.00. The molecule has 21 heteroatoms. The van der Waals surface area contributed by atoms with Crippen LogP contribution in [-0.4, -0.2) is 74.2 Å². The lowest BCUT2D eigenvalue weighted by atomic mass is 10.1. The molecule has 3 rings (SSSR count). The van der Waals surface area contributed by atoms with Crippen molar-refractivity contribution in [3.63, 3.8) is 0 Å². The molecule has 0 bridgehead atoms. The number of hydrogen-bond donors (Lipinski definition) is 8. The number of rotatable bonds is 8. The van der Waals surface area contributed by atoms with Crippen molar-refractivity contribution >= 4 is 40.3 Å². The lowest BCUT2D eigenvalue weighted by molar-refractivity contribution is -0.0502. The highest BCUT2D eigenvalue weighted by atomic mass is 31.3. The van der Waals surface area contributed by atoms with Gasteiger partial charge in [0.1, 0.15) is 30.2 Å². The van der Waals surface area contributed by atoms with Gasteiger partial charge in [-0.3, -0.25) is 9.09 Å². The monoisotopic (exact) mass is 506 g/mol. The summed E-state index contributed by atoms with van der Waals surface area (Å²) in [4.78, 5) is 48.5. The van der Waals surface area contributed by atoms with Gasteiger partial charge >= 0.3 is 23.3 Å². The molecular weight excluding hydrogens is 489 g/mol. The Morgan fingerprint density at radius 1 is 1.13 bits per heavy atom. The number of anilines is 1. The summed E-state index contributed by atoms with van der Waals surface area (Å²) in [5.74, 6) is 0.0485. The molecule has 1 saturated heterocycles. The molecule has 1 aliphatic heterocycles. The van der Waals surface area contributed by atoms with Crippen molar-refractivity contribution in [2.45, 2.75) is 24.5 Å². The van der Waals surface area contributed by atoms with Gasteiger partial charge in [0.25, 0.3) is 0 Å². The van der Waals surface area contributed by atoms with Crippen LogP contribution in [0, 0.1) is 0 Å². The molecular formula is C10H17N6O12P3. The molecule has 2 aromatic heterocycles. The minimum Gasteiger partial charge on any atom is -0.387 e. The number of imidazole rings is 1. The Kier molecular flexibility index (Phi) is 6.68. The molecule has 0 aromatic carbocycles. The van der Waals surface area contributed by atoms with E-state index in [1.165, 1.54) is 10.9 Å². The second-order valence-electron chi connectivity index (χ2n) is 6.14. The van der Waals surface area contributed by atoms with Gasteiger partial charge < -0.3 is 40.3 Å². The zero-order valence-corrected chi connectivity index (χ0v) is 17.7. The highest BCUT2D eigenvalue weighted by Crippen LogP contribution is 2.61. The molecule has 2 aromatic rings. The second kappa shape index (κ2) is 8.53. The van der Waals surface area contributed by atoms with Crippen LogP contribution in [0.15, 0.2) is 12.7 Å². The van der Waals surface area contributed by atoms with Gasteiger partial charge in [-0.1, -0.05) is 0 Å². The van der Waals surface area contributed by atoms with Gasteiger partial charge in [0.15, 0.2) is 17.7 Å². The number of phosphoric acid groups is 1. The smallest absolute Gasteiger partial charge is 0.387 e. The van der Waals surface area contributed by atoms with E-state index < -0.39 is 54.5 Å². The molecule has 0 spiro atoms. The van der Waals surface area contributed by atoms with E-state index >= 15 is 0 Å². The van der Waals surface area contributed by atoms with Gasteiger partial charge in [-0.15, -0.1) is 4.86 Å². The Morgan fingerprint density at radius 2 is 1.81 bits per heavy atom. The lowest BCUT2D eigenvalue weighted by Crippen LogP contribution is -2.33. The van der Waals surface area contributed by atoms with E-state index in [0.29, 0.717) is 0 Å². The number of aliphatic hydroxyl groups excluding tert-OH is 2. The minimum atomic E-state index is -5.45. The van der Waals surface area contributed by atoms with Crippen LogP contribution in [0.4, 0.5) is 5.82 Å². The molecule has 3 heterocycles. The first-order valence-corrected chi connectivity index (χ1v) is 12.7. The molecule has 18 nitrogen and oxygen atoms in total. The van der Waals surface area contributed by atoms with Crippen molar-refractivity contribution in [1.82, 2.24) is 24.4 Å². The SMILES string of the molecule is Nc1ncnc2c1ncn2[C@H]1O[C@@H](COP(=O)(O)OP(=O)(O)NP(=O)(O)O)[C@@H](O)[C@@H]1O. The summed E-state index contributed by atoms with van der Waals surface area (Å²) in [6.07, 6.45) is -3.62. The summed E-state index contributed by atoms with van der Waals surface area (Å²) < 4.78 is 48.9. The van der Waals surface area contributed by atoms with Gasteiger partial charge in [0.05, 0.1) is 12.9 Å². The van der Waals surface area contributed by atoms with E-state index in [1.54, 1.807) is 0 Å². The molecule has 31 heavy (non-hydrogen) atoms. The third kappa shape index (κ3) is 5.71. The van der Waals surface area contributed by atoms with Crippen molar-refractivity contribution in [1.29, 1.82) is 0 Å². The highest BCUT2D eigenvalue weighted by Gasteiger charge is 2.46. The average molecular weight is 506 g/mol. The van der Waals surface area contributed by atoms with Crippen LogP contribution in [-0.2, 0) is 27.3 Å². The molecule has 0 amide bonds. The molecule has 0 saturated carbocycles. The predicted octanol–water partition coefficient (Wildman–Crippen LogP) is -2.06. The van der Waals surface area contributed by atoms with Crippen molar-refractivity contribution in [3.8, 4) is 0 Å². The summed E-state index contributed by atoms with van der Waals surface area (Å²) >= 11 is 0.